The van der Waals surface area contributed by atoms with E-state index in [0.717, 1.165) is 5.56 Å². The van der Waals surface area contributed by atoms with Crippen molar-refractivity contribution >= 4 is 27.3 Å². The van der Waals surface area contributed by atoms with Gasteiger partial charge in [-0.15, -0.1) is 0 Å². The molecule has 2 fully saturated rings. The topological polar surface area (TPSA) is 66.9 Å². The van der Waals surface area contributed by atoms with Gasteiger partial charge in [-0.1, -0.05) is 35.9 Å². The number of carbonyl (C=O) groups excluding carboxylic acids is 1. The van der Waals surface area contributed by atoms with Crippen LogP contribution < -0.4 is 4.74 Å². The summed E-state index contributed by atoms with van der Waals surface area (Å²) in [5.41, 5.74) is 1.52. The van der Waals surface area contributed by atoms with Crippen molar-refractivity contribution in [1.82, 2.24) is 9.80 Å². The summed E-state index contributed by atoms with van der Waals surface area (Å²) in [5, 5.41) is 0.670. The van der Waals surface area contributed by atoms with Crippen LogP contribution in [0.2, 0.25) is 5.02 Å². The molecule has 1 unspecified atom stereocenters. The minimum absolute atomic E-state index is 0.0552. The Morgan fingerprint density at radius 3 is 2.40 bits per heavy atom. The van der Waals surface area contributed by atoms with Crippen molar-refractivity contribution in [2.45, 2.75) is 19.1 Å². The summed E-state index contributed by atoms with van der Waals surface area (Å²) in [4.78, 5) is 17.2. The Labute approximate surface area is 182 Å². The van der Waals surface area contributed by atoms with Crippen LogP contribution in [-0.2, 0) is 16.4 Å². The third-order valence-corrected chi connectivity index (χ3v) is 7.75. The van der Waals surface area contributed by atoms with Gasteiger partial charge in [-0.05, 0) is 36.2 Å². The van der Waals surface area contributed by atoms with Gasteiger partial charge in [0.05, 0.1) is 17.1 Å². The molecule has 0 bridgehead atoms. The molecule has 2 aliphatic rings. The zero-order valence-corrected chi connectivity index (χ0v) is 18.2. The summed E-state index contributed by atoms with van der Waals surface area (Å²) >= 11 is 5.92. The fraction of sp³-hybridized carbons (Fsp3) is 0.409. The van der Waals surface area contributed by atoms with Gasteiger partial charge in [-0.25, -0.2) is 8.42 Å². The largest absolute Gasteiger partial charge is 0.488 e. The monoisotopic (exact) mass is 448 g/mol. The van der Waals surface area contributed by atoms with E-state index in [1.165, 1.54) is 0 Å². The highest BCUT2D eigenvalue weighted by Crippen LogP contribution is 2.24. The molecular formula is C22H25ClN2O4S. The van der Waals surface area contributed by atoms with Gasteiger partial charge < -0.3 is 9.64 Å². The molecule has 160 valence electrons. The Morgan fingerprint density at radius 1 is 1.03 bits per heavy atom. The van der Waals surface area contributed by atoms with Gasteiger partial charge in [0, 0.05) is 37.2 Å². The summed E-state index contributed by atoms with van der Waals surface area (Å²) in [6.07, 6.45) is 0.692. The molecule has 8 heteroatoms. The smallest absolute Gasteiger partial charge is 0.257 e. The molecular weight excluding hydrogens is 424 g/mol. The molecule has 0 radical (unpaired) electrons. The lowest BCUT2D eigenvalue weighted by molar-refractivity contribution is 0.0583. The highest BCUT2D eigenvalue weighted by Gasteiger charge is 2.34. The second-order valence-electron chi connectivity index (χ2n) is 7.80. The van der Waals surface area contributed by atoms with Crippen molar-refractivity contribution in [2.75, 3.05) is 37.7 Å². The van der Waals surface area contributed by atoms with Gasteiger partial charge >= 0.3 is 0 Å². The number of benzene rings is 2. The molecule has 0 saturated carbocycles. The number of rotatable bonds is 5. The van der Waals surface area contributed by atoms with Gasteiger partial charge in [0.25, 0.3) is 5.91 Å². The van der Waals surface area contributed by atoms with Crippen LogP contribution in [0.3, 0.4) is 0 Å². The van der Waals surface area contributed by atoms with Crippen molar-refractivity contribution < 1.29 is 17.9 Å². The van der Waals surface area contributed by atoms with Crippen LogP contribution in [0.4, 0.5) is 0 Å². The number of amides is 1. The number of nitrogens with zero attached hydrogens (tertiary/aromatic N) is 2. The molecule has 2 aromatic rings. The minimum atomic E-state index is -2.90. The summed E-state index contributed by atoms with van der Waals surface area (Å²) in [6, 6.07) is 14.8. The highest BCUT2D eigenvalue weighted by molar-refractivity contribution is 7.91. The van der Waals surface area contributed by atoms with E-state index in [1.54, 1.807) is 6.07 Å². The average molecular weight is 449 g/mol. The molecule has 2 saturated heterocycles. The molecule has 2 heterocycles. The molecule has 1 atom stereocenters. The van der Waals surface area contributed by atoms with Crippen LogP contribution in [0.1, 0.15) is 22.3 Å². The average Bonchev–Trinajstić information content (AvgIpc) is 3.13. The molecule has 0 aliphatic carbocycles. The Balaban J connectivity index is 1.37. The maximum atomic E-state index is 13.1. The predicted octanol–water partition coefficient (Wildman–Crippen LogP) is 2.86. The number of carbonyl (C=O) groups is 1. The molecule has 2 aromatic carbocycles. The van der Waals surface area contributed by atoms with E-state index >= 15 is 0 Å². The van der Waals surface area contributed by atoms with Crippen molar-refractivity contribution in [1.29, 1.82) is 0 Å². The fourth-order valence-electron chi connectivity index (χ4n) is 4.03. The number of piperazine rings is 1. The van der Waals surface area contributed by atoms with E-state index < -0.39 is 9.84 Å². The van der Waals surface area contributed by atoms with E-state index in [0.29, 0.717) is 55.5 Å². The van der Waals surface area contributed by atoms with Crippen molar-refractivity contribution in [3.05, 3.63) is 64.7 Å². The normalized spacial score (nSPS) is 21.5. The lowest BCUT2D eigenvalue weighted by Gasteiger charge is -2.37. The van der Waals surface area contributed by atoms with Crippen molar-refractivity contribution in [3.8, 4) is 5.75 Å². The van der Waals surface area contributed by atoms with Gasteiger partial charge in [0.2, 0.25) is 0 Å². The molecule has 6 nitrogen and oxygen atoms in total. The second kappa shape index (κ2) is 8.96. The predicted molar refractivity (Wildman–Crippen MR) is 117 cm³/mol. The first-order valence-corrected chi connectivity index (χ1v) is 12.3. The SMILES string of the molecule is O=C(c1ccccc1OCc1ccc(Cl)cc1)N1CCN(C2CCS(=O)(=O)C2)CC1. The first kappa shape index (κ1) is 21.2. The summed E-state index contributed by atoms with van der Waals surface area (Å²) in [6.45, 7) is 2.91. The van der Waals surface area contributed by atoms with Crippen LogP contribution in [0.25, 0.3) is 0 Å². The maximum Gasteiger partial charge on any atom is 0.257 e. The van der Waals surface area contributed by atoms with Gasteiger partial charge in [0.1, 0.15) is 12.4 Å². The van der Waals surface area contributed by atoms with Crippen LogP contribution in [0.5, 0.6) is 5.75 Å². The minimum Gasteiger partial charge on any atom is -0.488 e. The van der Waals surface area contributed by atoms with E-state index in [-0.39, 0.29) is 23.5 Å². The third-order valence-electron chi connectivity index (χ3n) is 5.75. The first-order chi connectivity index (χ1) is 14.4. The van der Waals surface area contributed by atoms with E-state index in [2.05, 4.69) is 4.90 Å². The van der Waals surface area contributed by atoms with E-state index in [4.69, 9.17) is 16.3 Å². The summed E-state index contributed by atoms with van der Waals surface area (Å²) < 4.78 is 29.4. The van der Waals surface area contributed by atoms with Gasteiger partial charge in [-0.2, -0.15) is 0 Å². The van der Waals surface area contributed by atoms with Gasteiger partial charge in [0.15, 0.2) is 9.84 Å². The van der Waals surface area contributed by atoms with Crippen LogP contribution in [0.15, 0.2) is 48.5 Å². The standard InChI is InChI=1S/C22H25ClN2O4S/c23-18-7-5-17(6-8-18)15-29-21-4-2-1-3-20(21)22(26)25-12-10-24(11-13-25)19-9-14-30(27,28)16-19/h1-8,19H,9-16H2. The summed E-state index contributed by atoms with van der Waals surface area (Å²) in [7, 11) is -2.90. The van der Waals surface area contributed by atoms with Crippen LogP contribution >= 0.6 is 11.6 Å². The highest BCUT2D eigenvalue weighted by atomic mass is 35.5. The molecule has 2 aliphatic heterocycles. The number of sulfone groups is 1. The lowest BCUT2D eigenvalue weighted by atomic mass is 10.1. The number of ether oxygens (including phenoxy) is 1. The van der Waals surface area contributed by atoms with E-state index in [9.17, 15) is 13.2 Å². The summed E-state index contributed by atoms with van der Waals surface area (Å²) in [5.74, 6) is 1.01. The molecule has 4 rings (SSSR count). The number of hydrogen-bond acceptors (Lipinski definition) is 5. The zero-order chi connectivity index (χ0) is 21.1. The zero-order valence-electron chi connectivity index (χ0n) is 16.7. The Morgan fingerprint density at radius 2 is 1.73 bits per heavy atom. The number of hydrogen-bond donors (Lipinski definition) is 0. The Kier molecular flexibility index (Phi) is 6.32. The quantitative estimate of drug-likeness (QED) is 0.703. The van der Waals surface area contributed by atoms with Crippen molar-refractivity contribution in [3.63, 3.8) is 0 Å². The molecule has 0 aromatic heterocycles. The molecule has 0 N–H and O–H groups in total. The van der Waals surface area contributed by atoms with Crippen LogP contribution in [-0.4, -0.2) is 67.9 Å². The molecule has 1 amide bonds. The third kappa shape index (κ3) is 4.96. The second-order valence-corrected chi connectivity index (χ2v) is 10.5. The maximum absolute atomic E-state index is 13.1. The number of para-hydroxylation sites is 1. The lowest BCUT2D eigenvalue weighted by Crippen LogP contribution is -2.52. The van der Waals surface area contributed by atoms with E-state index in [1.807, 2.05) is 47.4 Å². The Hall–Kier alpha value is -2.09. The van der Waals surface area contributed by atoms with Gasteiger partial charge in [-0.3, -0.25) is 9.69 Å². The first-order valence-electron chi connectivity index (χ1n) is 10.1. The molecule has 0 spiro atoms. The fourth-order valence-corrected chi connectivity index (χ4v) is 5.92. The number of halogens is 1. The van der Waals surface area contributed by atoms with Crippen molar-refractivity contribution in [2.24, 2.45) is 0 Å². The van der Waals surface area contributed by atoms with Crippen LogP contribution in [0, 0.1) is 0 Å². The Bertz CT molecular complexity index is 1000. The molecule has 30 heavy (non-hydrogen) atoms.